The van der Waals surface area contributed by atoms with Crippen LogP contribution >= 0.6 is 0 Å². The average molecular weight is 1190 g/mol. The Kier molecular flexibility index (Phi) is 18.3. The topological polar surface area (TPSA) is 393 Å². The number of hydrogen-bond acceptors (Lipinski definition) is 25. The van der Waals surface area contributed by atoms with Crippen LogP contribution in [0.2, 0.25) is 0 Å². The normalized spacial score (nSPS) is 54.2. The van der Waals surface area contributed by atoms with Crippen molar-refractivity contribution in [1.29, 1.82) is 0 Å². The Balaban J connectivity index is 0.840. The Morgan fingerprint density at radius 3 is 1.86 bits per heavy atom. The highest BCUT2D eigenvalue weighted by molar-refractivity contribution is 5.79. The van der Waals surface area contributed by atoms with Gasteiger partial charge < -0.3 is 119 Å². The lowest BCUT2D eigenvalue weighted by atomic mass is 9.33. The fourth-order valence-electron chi connectivity index (χ4n) is 17.3. The Hall–Kier alpha value is -1.71. The highest BCUT2D eigenvalue weighted by atomic mass is 16.8. The van der Waals surface area contributed by atoms with Gasteiger partial charge in [0.25, 0.3) is 0 Å². The molecule has 0 amide bonds. The maximum atomic E-state index is 15.1. The summed E-state index contributed by atoms with van der Waals surface area (Å²) in [4.78, 5) is 15.1. The number of aliphatic hydroxyl groups excluding tert-OH is 14. The van der Waals surface area contributed by atoms with Crippen LogP contribution < -0.4 is 0 Å². The first-order valence-electron chi connectivity index (χ1n) is 30.0. The molecule has 0 aromatic carbocycles. The predicted octanol–water partition coefficient (Wildman–Crippen LogP) is -1.91. The van der Waals surface area contributed by atoms with Crippen LogP contribution in [0.15, 0.2) is 11.6 Å². The van der Waals surface area contributed by atoms with Gasteiger partial charge in [0.15, 0.2) is 25.2 Å². The third-order valence-corrected chi connectivity index (χ3v) is 22.7. The molecule has 0 bridgehead atoms. The van der Waals surface area contributed by atoms with Crippen molar-refractivity contribution in [1.82, 2.24) is 0 Å². The highest BCUT2D eigenvalue weighted by Crippen LogP contribution is 2.76. The van der Waals surface area contributed by atoms with E-state index in [2.05, 4.69) is 54.5 Å². The average Bonchev–Trinajstić information content (AvgIpc) is 3.63. The third-order valence-electron chi connectivity index (χ3n) is 22.7. The number of hydrogen-bond donors (Lipinski definition) is 14. The zero-order valence-electron chi connectivity index (χ0n) is 48.8. The van der Waals surface area contributed by atoms with E-state index < -0.39 is 177 Å². The molecular weight excluding hydrogens is 1100 g/mol. The molecule has 10 aliphatic rings. The minimum Gasteiger partial charge on any atom is -0.432 e. The maximum absolute atomic E-state index is 15.1. The summed E-state index contributed by atoms with van der Waals surface area (Å²) in [5, 5.41) is 150. The van der Waals surface area contributed by atoms with Gasteiger partial charge in [-0.05, 0) is 116 Å². The van der Waals surface area contributed by atoms with E-state index in [0.29, 0.717) is 32.1 Å². The quantitative estimate of drug-likeness (QED) is 0.0576. The number of aliphatic hydroxyl groups is 14. The zero-order valence-corrected chi connectivity index (χ0v) is 48.8. The van der Waals surface area contributed by atoms with Crippen LogP contribution in [0.25, 0.3) is 0 Å². The molecule has 0 spiro atoms. The van der Waals surface area contributed by atoms with Crippen molar-refractivity contribution in [3.63, 3.8) is 0 Å². The van der Waals surface area contributed by atoms with Crippen molar-refractivity contribution < 1.29 is 124 Å². The molecule has 31 atom stereocenters. The van der Waals surface area contributed by atoms with E-state index in [4.69, 9.17) is 47.4 Å². The van der Waals surface area contributed by atoms with Crippen molar-refractivity contribution in [3.8, 4) is 0 Å². The first kappa shape index (κ1) is 64.3. The van der Waals surface area contributed by atoms with E-state index in [-0.39, 0.29) is 52.6 Å². The molecule has 5 aliphatic heterocycles. The minimum absolute atomic E-state index is 0.137. The molecule has 5 saturated heterocycles. The molecule has 25 heteroatoms. The van der Waals surface area contributed by atoms with Crippen molar-refractivity contribution >= 4 is 5.97 Å². The summed E-state index contributed by atoms with van der Waals surface area (Å²) in [7, 11) is 0. The Morgan fingerprint density at radius 1 is 0.566 bits per heavy atom. The first-order chi connectivity index (χ1) is 38.8. The minimum atomic E-state index is -1.84. The largest absolute Gasteiger partial charge is 0.432 e. The van der Waals surface area contributed by atoms with Gasteiger partial charge in [-0.1, -0.05) is 60.1 Å². The van der Waals surface area contributed by atoms with Crippen molar-refractivity contribution in [2.24, 2.45) is 50.2 Å². The zero-order chi connectivity index (χ0) is 60.4. The van der Waals surface area contributed by atoms with Gasteiger partial charge in [0, 0.05) is 0 Å². The van der Waals surface area contributed by atoms with Gasteiger partial charge in [0.1, 0.15) is 104 Å². The molecule has 476 valence electrons. The van der Waals surface area contributed by atoms with Crippen molar-refractivity contribution in [3.05, 3.63) is 11.6 Å². The Bertz CT molecular complexity index is 2310. The number of rotatable bonds is 12. The molecule has 0 radical (unpaired) electrons. The summed E-state index contributed by atoms with van der Waals surface area (Å²) in [6.45, 7) is 15.6. The second-order valence-corrected chi connectivity index (χ2v) is 28.2. The second-order valence-electron chi connectivity index (χ2n) is 28.2. The van der Waals surface area contributed by atoms with Crippen LogP contribution in [0.1, 0.15) is 120 Å². The third kappa shape index (κ3) is 10.9. The Morgan fingerprint density at radius 2 is 1.17 bits per heavy atom. The molecule has 14 N–H and O–H groups in total. The molecule has 0 aromatic heterocycles. The Labute approximate surface area is 483 Å². The molecule has 5 heterocycles. The summed E-state index contributed by atoms with van der Waals surface area (Å²) in [6, 6.07) is 0. The molecule has 0 unspecified atom stereocenters. The number of allylic oxidation sites excluding steroid dienone is 2. The first-order valence-corrected chi connectivity index (χ1v) is 30.0. The van der Waals surface area contributed by atoms with Gasteiger partial charge in [-0.3, -0.25) is 4.79 Å². The molecule has 4 saturated carbocycles. The van der Waals surface area contributed by atoms with Crippen LogP contribution in [0.4, 0.5) is 0 Å². The van der Waals surface area contributed by atoms with Crippen LogP contribution in [0, 0.1) is 50.2 Å². The van der Waals surface area contributed by atoms with Crippen LogP contribution in [0.3, 0.4) is 0 Å². The van der Waals surface area contributed by atoms with Gasteiger partial charge >= 0.3 is 5.97 Å². The molecule has 0 aromatic rings. The monoisotopic (exact) mass is 1190 g/mol. The van der Waals surface area contributed by atoms with Gasteiger partial charge in [0.2, 0.25) is 6.29 Å². The standard InChI is InChI=1S/C58H94O25/c1-24-34(62)45(81-48-41(69)35(63)27(60)21-74-48)44(72)50(77-24)82-46-36(64)28(61)22-75-51(46)80-33-12-13-55(6)31(54(33,4)5)11-14-57(8)32(55)10-9-25-26-19-53(2,3)15-17-58(26,18-16-56(25,57)7)52(73)83-49-43(71)40(68)38(66)30(79-49)23-76-47-42(70)39(67)37(65)29(20-59)78-47/h9,24,26-51,59-72H,10-23H2,1-8H3/t24-,26-,27+,28-,29+,30+,31-,32+,33-,34-,35-,36-,37+,38+,39-,40-,41+,42+,43+,44+,45+,46+,47+,48-,49-,50-,51-,55-,56+,57+,58-/m0/s1. The number of carbonyl (C=O) groups excluding carboxylic acids is 1. The summed E-state index contributed by atoms with van der Waals surface area (Å²) in [5.74, 6) is -0.468. The van der Waals surface area contributed by atoms with E-state index in [9.17, 15) is 71.5 Å². The van der Waals surface area contributed by atoms with Crippen LogP contribution in [-0.4, -0.2) is 251 Å². The second kappa shape index (κ2) is 23.6. The lowest BCUT2D eigenvalue weighted by Crippen LogP contribution is -2.66. The van der Waals surface area contributed by atoms with E-state index in [1.807, 2.05) is 0 Å². The number of fused-ring (bicyclic) bond motifs is 7. The maximum Gasteiger partial charge on any atom is 0.315 e. The predicted molar refractivity (Wildman–Crippen MR) is 282 cm³/mol. The fraction of sp³-hybridized carbons (Fsp3) is 0.948. The summed E-state index contributed by atoms with van der Waals surface area (Å²) in [5.41, 5.74) is -1.17. The molecule has 25 nitrogen and oxygen atoms in total. The smallest absolute Gasteiger partial charge is 0.315 e. The van der Waals surface area contributed by atoms with E-state index >= 15 is 4.79 Å². The van der Waals surface area contributed by atoms with Gasteiger partial charge in [-0.2, -0.15) is 0 Å². The van der Waals surface area contributed by atoms with Crippen molar-refractivity contribution in [2.45, 2.75) is 267 Å². The van der Waals surface area contributed by atoms with Crippen molar-refractivity contribution in [2.75, 3.05) is 26.4 Å². The number of esters is 1. The molecule has 10 rings (SSSR count). The van der Waals surface area contributed by atoms with E-state index in [1.54, 1.807) is 0 Å². The summed E-state index contributed by atoms with van der Waals surface area (Å²) < 4.78 is 59.6. The molecular formula is C58H94O25. The highest BCUT2D eigenvalue weighted by Gasteiger charge is 2.70. The lowest BCUT2D eigenvalue weighted by molar-refractivity contribution is -0.378. The molecule has 83 heavy (non-hydrogen) atoms. The van der Waals surface area contributed by atoms with Gasteiger partial charge in [0.05, 0.1) is 44.1 Å². The molecule has 5 aliphatic carbocycles. The number of carbonyl (C=O) groups is 1. The summed E-state index contributed by atoms with van der Waals surface area (Å²) >= 11 is 0. The van der Waals surface area contributed by atoms with Crippen LogP contribution in [0.5, 0.6) is 0 Å². The van der Waals surface area contributed by atoms with Gasteiger partial charge in [-0.25, -0.2) is 0 Å². The number of ether oxygens (including phenoxy) is 10. The van der Waals surface area contributed by atoms with Crippen LogP contribution in [-0.2, 0) is 52.2 Å². The lowest BCUT2D eigenvalue weighted by Gasteiger charge is -2.71. The molecule has 9 fully saturated rings. The van der Waals surface area contributed by atoms with E-state index in [0.717, 1.165) is 32.1 Å². The summed E-state index contributed by atoms with van der Waals surface area (Å²) in [6.07, 6.45) is -26.8. The van der Waals surface area contributed by atoms with Gasteiger partial charge in [-0.15, -0.1) is 0 Å². The fourth-order valence-corrected chi connectivity index (χ4v) is 17.3. The van der Waals surface area contributed by atoms with E-state index in [1.165, 1.54) is 12.5 Å². The SMILES string of the molecule is C[C@@H]1O[C@@H](O[C@H]2[C@H](O[C@H]3CC[C@]4(C)[C@H]5CC=C6[C@@H]7CC(C)(C)CC[C@]7(C(=O)O[C@@H]7O[C@H](CO[C@@H]8O[C@H](CO)[C@@H](O)[C@H](O)[C@H]8O)[C@@H](O)[C@H](O)[C@H]7O)CC[C@@]6(C)[C@]5(C)CC[C@H]4C3(C)C)OC[C@H](O)[C@@H]2O)[C@H](O)[C@H](O[C@@H]2OC[C@@H](O)[C@H](O)[C@H]2O)[C@H]1O.